The van der Waals surface area contributed by atoms with Gasteiger partial charge in [-0.15, -0.1) is 0 Å². The third kappa shape index (κ3) is 2.89. The molecule has 0 radical (unpaired) electrons. The van der Waals surface area contributed by atoms with Crippen LogP contribution in [0.15, 0.2) is 0 Å². The zero-order valence-corrected chi connectivity index (χ0v) is 18.5. The van der Waals surface area contributed by atoms with Gasteiger partial charge in [0.15, 0.2) is 0 Å². The number of hydrogen-bond acceptors (Lipinski definition) is 2. The quantitative estimate of drug-likeness (QED) is 0.642. The zero-order chi connectivity index (χ0) is 20.3. The van der Waals surface area contributed by atoms with E-state index in [1.54, 1.807) is 0 Å². The summed E-state index contributed by atoms with van der Waals surface area (Å²) in [5.74, 6) is 2.93. The van der Waals surface area contributed by atoms with Crippen LogP contribution in [0.4, 0.5) is 0 Å². The number of fused-ring (bicyclic) bond motifs is 5. The van der Waals surface area contributed by atoms with Gasteiger partial charge in [0.2, 0.25) is 0 Å². The minimum atomic E-state index is -0.658. The van der Waals surface area contributed by atoms with Crippen LogP contribution < -0.4 is 0 Å². The molecule has 4 aliphatic carbocycles. The average molecular weight is 391 g/mol. The summed E-state index contributed by atoms with van der Waals surface area (Å²) in [4.78, 5) is 11.4. The van der Waals surface area contributed by atoms with E-state index in [-0.39, 0.29) is 17.4 Å². The Hall–Kier alpha value is -0.570. The summed E-state index contributed by atoms with van der Waals surface area (Å²) in [6.07, 6.45) is 11.5. The topological polar surface area (TPSA) is 57.5 Å². The highest BCUT2D eigenvalue weighted by atomic mass is 16.4. The first kappa shape index (κ1) is 20.7. The average Bonchev–Trinajstić information content (AvgIpc) is 2.99. The minimum Gasteiger partial charge on any atom is -0.481 e. The van der Waals surface area contributed by atoms with E-state index < -0.39 is 5.97 Å². The van der Waals surface area contributed by atoms with Crippen LogP contribution in [-0.4, -0.2) is 22.3 Å². The van der Waals surface area contributed by atoms with Gasteiger partial charge in [0.1, 0.15) is 0 Å². The molecule has 10 atom stereocenters. The second kappa shape index (κ2) is 7.29. The molecule has 28 heavy (non-hydrogen) atoms. The lowest BCUT2D eigenvalue weighted by Gasteiger charge is -2.64. The lowest BCUT2D eigenvalue weighted by Crippen LogP contribution is -2.61. The molecule has 0 heterocycles. The van der Waals surface area contributed by atoms with Crippen molar-refractivity contribution in [2.45, 2.75) is 98.0 Å². The van der Waals surface area contributed by atoms with Gasteiger partial charge in [0, 0.05) is 6.42 Å². The van der Waals surface area contributed by atoms with Crippen molar-refractivity contribution in [2.75, 3.05) is 0 Å². The van der Waals surface area contributed by atoms with Crippen molar-refractivity contribution in [3.05, 3.63) is 0 Å². The Morgan fingerprint density at radius 1 is 1.00 bits per heavy atom. The van der Waals surface area contributed by atoms with Crippen LogP contribution in [0.1, 0.15) is 91.9 Å². The maximum atomic E-state index is 11.7. The zero-order valence-electron chi connectivity index (χ0n) is 18.5. The predicted octanol–water partition coefficient (Wildman–Crippen LogP) is 5.75. The summed E-state index contributed by atoms with van der Waals surface area (Å²) in [7, 11) is 0. The molecular formula is C25H42O3. The van der Waals surface area contributed by atoms with Crippen LogP contribution in [-0.2, 0) is 4.79 Å². The van der Waals surface area contributed by atoms with Crippen molar-refractivity contribution in [1.29, 1.82) is 0 Å². The van der Waals surface area contributed by atoms with E-state index >= 15 is 0 Å². The summed E-state index contributed by atoms with van der Waals surface area (Å²) in [6.45, 7) is 9.47. The predicted molar refractivity (Wildman–Crippen MR) is 112 cm³/mol. The molecule has 0 spiro atoms. The molecule has 0 aromatic rings. The van der Waals surface area contributed by atoms with Gasteiger partial charge in [-0.05, 0) is 90.8 Å². The van der Waals surface area contributed by atoms with Crippen molar-refractivity contribution in [2.24, 2.45) is 52.3 Å². The molecule has 3 nitrogen and oxygen atoms in total. The number of hydrogen-bond donors (Lipinski definition) is 2. The van der Waals surface area contributed by atoms with Gasteiger partial charge in [0.25, 0.3) is 0 Å². The van der Waals surface area contributed by atoms with Crippen LogP contribution in [0.2, 0.25) is 0 Å². The molecule has 2 N–H and O–H groups in total. The SMILES string of the molecule is CC[C@H]1[C@@H](O)C2C3CC[C@H]([C@H](C)CC(=O)O)[C@@]3(C)CCC2[C@@]2(C)CCCC[C@@H]12. The maximum Gasteiger partial charge on any atom is 0.303 e. The number of aliphatic hydroxyl groups excluding tert-OH is 1. The van der Waals surface area contributed by atoms with E-state index in [0.29, 0.717) is 47.3 Å². The third-order valence-electron chi connectivity index (χ3n) is 10.6. The van der Waals surface area contributed by atoms with Crippen LogP contribution in [0.25, 0.3) is 0 Å². The molecule has 4 aliphatic rings. The van der Waals surface area contributed by atoms with Gasteiger partial charge >= 0.3 is 5.97 Å². The van der Waals surface area contributed by atoms with E-state index in [0.717, 1.165) is 12.8 Å². The summed E-state index contributed by atoms with van der Waals surface area (Å²) in [5, 5.41) is 21.0. The summed E-state index contributed by atoms with van der Waals surface area (Å²) >= 11 is 0. The number of carboxylic acid groups (broad SMARTS) is 1. The molecule has 0 aromatic heterocycles. The van der Waals surface area contributed by atoms with Crippen LogP contribution in [0, 0.1) is 52.3 Å². The molecule has 0 aromatic carbocycles. The third-order valence-corrected chi connectivity index (χ3v) is 10.6. The summed E-state index contributed by atoms with van der Waals surface area (Å²) < 4.78 is 0. The van der Waals surface area contributed by atoms with Gasteiger partial charge in [-0.1, -0.05) is 47.0 Å². The Balaban J connectivity index is 1.66. The molecule has 3 unspecified atom stereocenters. The van der Waals surface area contributed by atoms with Crippen molar-refractivity contribution in [1.82, 2.24) is 0 Å². The van der Waals surface area contributed by atoms with Crippen molar-refractivity contribution in [3.63, 3.8) is 0 Å². The van der Waals surface area contributed by atoms with Gasteiger partial charge in [-0.2, -0.15) is 0 Å². The molecule has 3 heteroatoms. The summed E-state index contributed by atoms with van der Waals surface area (Å²) in [5.41, 5.74) is 0.627. The normalized spacial score (nSPS) is 51.7. The molecule has 0 amide bonds. The van der Waals surface area contributed by atoms with Crippen molar-refractivity contribution >= 4 is 5.97 Å². The first-order valence-corrected chi connectivity index (χ1v) is 12.1. The van der Waals surface area contributed by atoms with E-state index in [2.05, 4.69) is 27.7 Å². The fourth-order valence-electron chi connectivity index (χ4n) is 9.43. The summed E-state index contributed by atoms with van der Waals surface area (Å²) in [6, 6.07) is 0. The van der Waals surface area contributed by atoms with Gasteiger partial charge < -0.3 is 10.2 Å². The highest BCUT2D eigenvalue weighted by Gasteiger charge is 2.64. The standard InChI is InChI=1S/C25H42O3/c1-5-16-18-8-6-7-12-24(18,3)20-11-13-25(4)17(15(2)14-21(26)27)9-10-19(25)22(20)23(16)28/h15-20,22-23,28H,5-14H2,1-4H3,(H,26,27)/t15-,16-,17-,18+,19?,20?,22?,23-,24+,25-/m1/s1. The monoisotopic (exact) mass is 390 g/mol. The molecule has 0 aliphatic heterocycles. The Morgan fingerprint density at radius 3 is 2.39 bits per heavy atom. The van der Waals surface area contributed by atoms with E-state index in [9.17, 15) is 15.0 Å². The van der Waals surface area contributed by atoms with Gasteiger partial charge in [-0.25, -0.2) is 0 Å². The molecule has 4 fully saturated rings. The molecular weight excluding hydrogens is 348 g/mol. The van der Waals surface area contributed by atoms with E-state index in [1.807, 2.05) is 0 Å². The minimum absolute atomic E-state index is 0.149. The smallest absolute Gasteiger partial charge is 0.303 e. The van der Waals surface area contributed by atoms with Gasteiger partial charge in [0.05, 0.1) is 6.10 Å². The largest absolute Gasteiger partial charge is 0.481 e. The first-order valence-electron chi connectivity index (χ1n) is 12.1. The Kier molecular flexibility index (Phi) is 5.39. The van der Waals surface area contributed by atoms with Crippen LogP contribution in [0.5, 0.6) is 0 Å². The second-order valence-corrected chi connectivity index (χ2v) is 11.5. The van der Waals surface area contributed by atoms with Crippen LogP contribution >= 0.6 is 0 Å². The first-order chi connectivity index (χ1) is 13.2. The van der Waals surface area contributed by atoms with Crippen molar-refractivity contribution < 1.29 is 15.0 Å². The molecule has 0 saturated heterocycles. The van der Waals surface area contributed by atoms with Gasteiger partial charge in [-0.3, -0.25) is 4.79 Å². The Labute approximate surface area is 171 Å². The highest BCUT2D eigenvalue weighted by molar-refractivity contribution is 5.67. The molecule has 160 valence electrons. The fraction of sp³-hybridized carbons (Fsp3) is 0.960. The number of carboxylic acids is 1. The molecule has 4 rings (SSSR count). The van der Waals surface area contributed by atoms with Crippen molar-refractivity contribution in [3.8, 4) is 0 Å². The van der Waals surface area contributed by atoms with E-state index in [4.69, 9.17) is 0 Å². The number of aliphatic carboxylic acids is 1. The lowest BCUT2D eigenvalue weighted by molar-refractivity contribution is -0.194. The van der Waals surface area contributed by atoms with E-state index in [1.165, 1.54) is 44.9 Å². The number of rotatable bonds is 4. The van der Waals surface area contributed by atoms with Crippen LogP contribution in [0.3, 0.4) is 0 Å². The fourth-order valence-corrected chi connectivity index (χ4v) is 9.43. The second-order valence-electron chi connectivity index (χ2n) is 11.5. The Bertz CT molecular complexity index is 603. The highest BCUT2D eigenvalue weighted by Crippen LogP contribution is 2.69. The Morgan fingerprint density at radius 2 is 1.71 bits per heavy atom. The molecule has 0 bridgehead atoms. The lowest BCUT2D eigenvalue weighted by atomic mass is 9.41. The number of aliphatic hydroxyl groups is 1. The number of carbonyl (C=O) groups is 1. The maximum absolute atomic E-state index is 11.7. The molecule has 4 saturated carbocycles.